The van der Waals surface area contributed by atoms with Crippen LogP contribution < -0.4 is 5.32 Å². The van der Waals surface area contributed by atoms with Gasteiger partial charge in [-0.1, -0.05) is 46.5 Å². The molecular weight excluding hydrogens is 238 g/mol. The summed E-state index contributed by atoms with van der Waals surface area (Å²) in [5.41, 5.74) is -0.0447. The van der Waals surface area contributed by atoms with Gasteiger partial charge in [-0.3, -0.25) is 4.79 Å². The number of carbonyl (C=O) groups excluding carboxylic acids is 1. The molecular formula is C16H31NO2. The molecule has 1 amide bonds. The second-order valence-electron chi connectivity index (χ2n) is 7.22. The lowest BCUT2D eigenvalue weighted by Crippen LogP contribution is -2.38. The highest BCUT2D eigenvalue weighted by molar-refractivity contribution is 5.78. The fourth-order valence-corrected chi connectivity index (χ4v) is 3.23. The van der Waals surface area contributed by atoms with Crippen LogP contribution in [0.1, 0.15) is 66.2 Å². The van der Waals surface area contributed by atoms with Crippen LogP contribution in [0.5, 0.6) is 0 Å². The molecule has 0 aliphatic heterocycles. The van der Waals surface area contributed by atoms with E-state index in [1.54, 1.807) is 6.92 Å². The molecule has 3 nitrogen and oxygen atoms in total. The molecule has 0 radical (unpaired) electrons. The Balaban J connectivity index is 2.29. The summed E-state index contributed by atoms with van der Waals surface area (Å²) >= 11 is 0. The van der Waals surface area contributed by atoms with Crippen LogP contribution in [-0.2, 0) is 4.79 Å². The highest BCUT2D eigenvalue weighted by Gasteiger charge is 2.25. The summed E-state index contributed by atoms with van der Waals surface area (Å²) < 4.78 is 0. The number of nitrogens with one attached hydrogen (secondary N) is 1. The number of carbonyl (C=O) groups is 1. The Morgan fingerprint density at radius 3 is 2.42 bits per heavy atom. The third-order valence-electron chi connectivity index (χ3n) is 4.20. The van der Waals surface area contributed by atoms with E-state index >= 15 is 0 Å². The van der Waals surface area contributed by atoms with Crippen molar-refractivity contribution in [2.45, 2.75) is 72.3 Å². The van der Waals surface area contributed by atoms with E-state index in [2.05, 4.69) is 19.2 Å². The smallest absolute Gasteiger partial charge is 0.222 e. The van der Waals surface area contributed by atoms with Crippen molar-refractivity contribution in [3.8, 4) is 0 Å². The van der Waals surface area contributed by atoms with Crippen molar-refractivity contribution in [2.24, 2.45) is 17.3 Å². The molecule has 19 heavy (non-hydrogen) atoms. The van der Waals surface area contributed by atoms with Gasteiger partial charge in [0.15, 0.2) is 0 Å². The SMILES string of the molecule is CC(O)CC(C)(C)CNC(=O)C(C)CC1CCCC1. The zero-order valence-electron chi connectivity index (χ0n) is 13.0. The quantitative estimate of drug-likeness (QED) is 0.746. The zero-order valence-corrected chi connectivity index (χ0v) is 13.0. The average Bonchev–Trinajstić information content (AvgIpc) is 2.76. The summed E-state index contributed by atoms with van der Waals surface area (Å²) in [5, 5.41) is 12.5. The van der Waals surface area contributed by atoms with E-state index in [-0.39, 0.29) is 23.3 Å². The zero-order chi connectivity index (χ0) is 14.5. The Hall–Kier alpha value is -0.570. The lowest BCUT2D eigenvalue weighted by atomic mass is 9.86. The monoisotopic (exact) mass is 269 g/mol. The van der Waals surface area contributed by atoms with Crippen molar-refractivity contribution in [2.75, 3.05) is 6.54 Å². The molecule has 1 aliphatic carbocycles. The summed E-state index contributed by atoms with van der Waals surface area (Å²) in [6.07, 6.45) is 6.69. The van der Waals surface area contributed by atoms with E-state index in [0.29, 0.717) is 13.0 Å². The molecule has 1 saturated carbocycles. The molecule has 0 saturated heterocycles. The fourth-order valence-electron chi connectivity index (χ4n) is 3.23. The van der Waals surface area contributed by atoms with Crippen molar-refractivity contribution in [1.29, 1.82) is 0 Å². The van der Waals surface area contributed by atoms with E-state index < -0.39 is 0 Å². The van der Waals surface area contributed by atoms with Crippen molar-refractivity contribution in [3.05, 3.63) is 0 Å². The predicted octanol–water partition coefficient (Wildman–Crippen LogP) is 3.12. The number of hydrogen-bond acceptors (Lipinski definition) is 2. The van der Waals surface area contributed by atoms with E-state index in [9.17, 15) is 9.90 Å². The molecule has 2 N–H and O–H groups in total. The first-order valence-corrected chi connectivity index (χ1v) is 7.76. The summed E-state index contributed by atoms with van der Waals surface area (Å²) in [7, 11) is 0. The van der Waals surface area contributed by atoms with Crippen molar-refractivity contribution in [3.63, 3.8) is 0 Å². The van der Waals surface area contributed by atoms with Gasteiger partial charge in [0.05, 0.1) is 6.10 Å². The Morgan fingerprint density at radius 2 is 1.89 bits per heavy atom. The van der Waals surface area contributed by atoms with Crippen molar-refractivity contribution in [1.82, 2.24) is 5.32 Å². The van der Waals surface area contributed by atoms with E-state index in [4.69, 9.17) is 0 Å². The first-order chi connectivity index (χ1) is 8.80. The molecule has 0 heterocycles. The minimum Gasteiger partial charge on any atom is -0.393 e. The Kier molecular flexibility index (Phi) is 6.31. The summed E-state index contributed by atoms with van der Waals surface area (Å²) in [5.74, 6) is 1.04. The van der Waals surface area contributed by atoms with Gasteiger partial charge in [-0.05, 0) is 31.1 Å². The maximum Gasteiger partial charge on any atom is 0.222 e. The average molecular weight is 269 g/mol. The van der Waals surface area contributed by atoms with E-state index in [0.717, 1.165) is 12.3 Å². The minimum absolute atomic E-state index is 0.0447. The Labute approximate surface area is 118 Å². The third kappa shape index (κ3) is 6.42. The second kappa shape index (κ2) is 7.28. The lowest BCUT2D eigenvalue weighted by molar-refractivity contribution is -0.125. The number of hydrogen-bond donors (Lipinski definition) is 2. The van der Waals surface area contributed by atoms with Crippen LogP contribution in [0.3, 0.4) is 0 Å². The molecule has 1 rings (SSSR count). The van der Waals surface area contributed by atoms with Crippen LogP contribution in [0.25, 0.3) is 0 Å². The molecule has 1 aliphatic rings. The van der Waals surface area contributed by atoms with Gasteiger partial charge in [-0.2, -0.15) is 0 Å². The largest absolute Gasteiger partial charge is 0.393 e. The van der Waals surface area contributed by atoms with Crippen LogP contribution in [0.2, 0.25) is 0 Å². The molecule has 0 bridgehead atoms. The van der Waals surface area contributed by atoms with Gasteiger partial charge < -0.3 is 10.4 Å². The number of aliphatic hydroxyl groups is 1. The molecule has 0 aromatic rings. The van der Waals surface area contributed by atoms with Crippen LogP contribution in [0.4, 0.5) is 0 Å². The van der Waals surface area contributed by atoms with Crippen molar-refractivity contribution >= 4 is 5.91 Å². The minimum atomic E-state index is -0.317. The number of aliphatic hydroxyl groups excluding tert-OH is 1. The molecule has 2 unspecified atom stereocenters. The second-order valence-corrected chi connectivity index (χ2v) is 7.22. The normalized spacial score (nSPS) is 20.3. The van der Waals surface area contributed by atoms with Crippen LogP contribution in [-0.4, -0.2) is 23.7 Å². The van der Waals surface area contributed by atoms with Gasteiger partial charge in [0.25, 0.3) is 0 Å². The third-order valence-corrected chi connectivity index (χ3v) is 4.20. The van der Waals surface area contributed by atoms with Crippen LogP contribution in [0, 0.1) is 17.3 Å². The molecule has 3 heteroatoms. The van der Waals surface area contributed by atoms with Crippen LogP contribution in [0.15, 0.2) is 0 Å². The predicted molar refractivity (Wildman–Crippen MR) is 78.8 cm³/mol. The first-order valence-electron chi connectivity index (χ1n) is 7.76. The molecule has 0 aromatic heterocycles. The van der Waals surface area contributed by atoms with Gasteiger partial charge in [0.1, 0.15) is 0 Å². The summed E-state index contributed by atoms with van der Waals surface area (Å²) in [4.78, 5) is 12.1. The maximum absolute atomic E-state index is 12.1. The van der Waals surface area contributed by atoms with Gasteiger partial charge in [-0.25, -0.2) is 0 Å². The van der Waals surface area contributed by atoms with Gasteiger partial charge in [-0.15, -0.1) is 0 Å². The number of rotatable bonds is 7. The standard InChI is InChI=1S/C16H31NO2/c1-12(9-14-7-5-6-8-14)15(19)17-11-16(3,4)10-13(2)18/h12-14,18H,5-11H2,1-4H3,(H,17,19). The highest BCUT2D eigenvalue weighted by atomic mass is 16.3. The van der Waals surface area contributed by atoms with Gasteiger partial charge in [0, 0.05) is 12.5 Å². The van der Waals surface area contributed by atoms with Crippen molar-refractivity contribution < 1.29 is 9.90 Å². The molecule has 0 spiro atoms. The molecule has 2 atom stereocenters. The first kappa shape index (κ1) is 16.5. The van der Waals surface area contributed by atoms with Crippen LogP contribution >= 0.6 is 0 Å². The molecule has 1 fully saturated rings. The lowest BCUT2D eigenvalue weighted by Gasteiger charge is -2.27. The van der Waals surface area contributed by atoms with E-state index in [1.807, 2.05) is 6.92 Å². The fraction of sp³-hybridized carbons (Fsp3) is 0.938. The highest BCUT2D eigenvalue weighted by Crippen LogP contribution is 2.30. The summed E-state index contributed by atoms with van der Waals surface area (Å²) in [6.45, 7) is 8.65. The Morgan fingerprint density at radius 1 is 1.32 bits per heavy atom. The van der Waals surface area contributed by atoms with E-state index in [1.165, 1.54) is 25.7 Å². The molecule has 0 aromatic carbocycles. The van der Waals surface area contributed by atoms with Gasteiger partial charge in [0.2, 0.25) is 5.91 Å². The maximum atomic E-state index is 12.1. The topological polar surface area (TPSA) is 49.3 Å². The number of amides is 1. The van der Waals surface area contributed by atoms with Gasteiger partial charge >= 0.3 is 0 Å². The molecule has 112 valence electrons. The summed E-state index contributed by atoms with van der Waals surface area (Å²) in [6, 6.07) is 0. The Bertz CT molecular complexity index is 280.